The Labute approximate surface area is 324 Å². The maximum absolute atomic E-state index is 6.57. The molecule has 0 bridgehead atoms. The van der Waals surface area contributed by atoms with E-state index in [1.165, 1.54) is 16.3 Å². The second kappa shape index (κ2) is 17.0. The zero-order valence-electron chi connectivity index (χ0n) is 31.5. The van der Waals surface area contributed by atoms with Gasteiger partial charge < -0.3 is 19.1 Å². The SMILES string of the molecule is CC(C)c1cc(-c2[c-]cccc2)ncc1[Si](C)(C)C.CCC(CC)c1ccnc(-c2[c-]cc(OC)c3c2oc2c(-c4ccccc4)cccc23)c1.[Ir]. The van der Waals surface area contributed by atoms with Gasteiger partial charge in [0, 0.05) is 49.2 Å². The fourth-order valence-corrected chi connectivity index (χ4v) is 8.56. The van der Waals surface area contributed by atoms with Gasteiger partial charge in [0.05, 0.1) is 20.8 Å². The van der Waals surface area contributed by atoms with E-state index in [4.69, 9.17) is 9.15 Å². The summed E-state index contributed by atoms with van der Waals surface area (Å²) in [5.74, 6) is 1.81. The molecule has 0 aliphatic rings. The summed E-state index contributed by atoms with van der Waals surface area (Å²) in [5, 5.41) is 3.47. The van der Waals surface area contributed by atoms with E-state index in [0.29, 0.717) is 11.8 Å². The number of fused-ring (bicyclic) bond motifs is 3. The van der Waals surface area contributed by atoms with E-state index in [1.807, 2.05) is 48.7 Å². The molecule has 269 valence electrons. The molecule has 7 aromatic rings. The molecule has 0 saturated carbocycles. The molecule has 0 saturated heterocycles. The molecule has 4 aromatic carbocycles. The van der Waals surface area contributed by atoms with Crippen LogP contribution in [0.3, 0.4) is 0 Å². The van der Waals surface area contributed by atoms with E-state index in [2.05, 4.69) is 130 Å². The molecule has 0 N–H and O–H groups in total. The summed E-state index contributed by atoms with van der Waals surface area (Å²) in [6, 6.07) is 39.7. The normalized spacial score (nSPS) is 11.4. The minimum absolute atomic E-state index is 0. The number of furan rings is 1. The third kappa shape index (κ3) is 8.15. The molecule has 1 radical (unpaired) electrons. The minimum atomic E-state index is -1.34. The Kier molecular flexibility index (Phi) is 12.7. The molecule has 6 heteroatoms. The fraction of sp³-hybridized carbons (Fsp3) is 0.261. The van der Waals surface area contributed by atoms with Crippen LogP contribution in [0, 0.1) is 12.1 Å². The maximum Gasteiger partial charge on any atom is 0.128 e. The smallest absolute Gasteiger partial charge is 0.128 e. The summed E-state index contributed by atoms with van der Waals surface area (Å²) < 4.78 is 12.3. The van der Waals surface area contributed by atoms with Crippen molar-refractivity contribution in [1.82, 2.24) is 9.97 Å². The van der Waals surface area contributed by atoms with Crippen molar-refractivity contribution < 1.29 is 29.3 Å². The number of hydrogen-bond acceptors (Lipinski definition) is 4. The maximum atomic E-state index is 6.57. The molecule has 0 spiro atoms. The number of pyridine rings is 2. The van der Waals surface area contributed by atoms with Gasteiger partial charge in [0.25, 0.3) is 0 Å². The van der Waals surface area contributed by atoms with Crippen molar-refractivity contribution in [1.29, 1.82) is 0 Å². The molecule has 4 nitrogen and oxygen atoms in total. The Bertz CT molecular complexity index is 2240. The molecular formula is C46H48IrN2O2Si-2. The molecule has 0 aliphatic carbocycles. The Morgan fingerprint density at radius 1 is 0.808 bits per heavy atom. The molecule has 52 heavy (non-hydrogen) atoms. The first-order valence-corrected chi connectivity index (χ1v) is 21.6. The quantitative estimate of drug-likeness (QED) is 0.107. The van der Waals surface area contributed by atoms with Crippen molar-refractivity contribution >= 4 is 35.2 Å². The number of nitrogens with zero attached hydrogens (tertiary/aromatic N) is 2. The van der Waals surface area contributed by atoms with Crippen molar-refractivity contribution in [3.05, 3.63) is 133 Å². The van der Waals surface area contributed by atoms with Gasteiger partial charge in [-0.2, -0.15) is 0 Å². The fourth-order valence-electron chi connectivity index (χ4n) is 6.88. The van der Waals surface area contributed by atoms with Gasteiger partial charge in [-0.15, -0.1) is 48.0 Å². The van der Waals surface area contributed by atoms with E-state index in [-0.39, 0.29) is 20.1 Å². The Morgan fingerprint density at radius 3 is 2.21 bits per heavy atom. The summed E-state index contributed by atoms with van der Waals surface area (Å²) >= 11 is 0. The number of para-hydroxylation sites is 1. The molecule has 0 aliphatic heterocycles. The van der Waals surface area contributed by atoms with Gasteiger partial charge >= 0.3 is 0 Å². The predicted octanol–water partition coefficient (Wildman–Crippen LogP) is 12.2. The minimum Gasteiger partial charge on any atom is -0.539 e. The second-order valence-electron chi connectivity index (χ2n) is 14.4. The summed E-state index contributed by atoms with van der Waals surface area (Å²) in [6.45, 7) is 16.1. The van der Waals surface area contributed by atoms with Gasteiger partial charge in [-0.05, 0) is 58.3 Å². The molecule has 0 atom stereocenters. The number of methoxy groups -OCH3 is 1. The number of benzene rings is 4. The van der Waals surface area contributed by atoms with Gasteiger partial charge in [0.15, 0.2) is 0 Å². The van der Waals surface area contributed by atoms with Gasteiger partial charge in [0.1, 0.15) is 5.58 Å². The third-order valence-corrected chi connectivity index (χ3v) is 11.7. The van der Waals surface area contributed by atoms with E-state index in [9.17, 15) is 0 Å². The van der Waals surface area contributed by atoms with Crippen molar-refractivity contribution in [3.63, 3.8) is 0 Å². The molecule has 3 aromatic heterocycles. The van der Waals surface area contributed by atoms with Crippen molar-refractivity contribution in [2.75, 3.05) is 7.11 Å². The Balaban J connectivity index is 0.000000225. The van der Waals surface area contributed by atoms with Gasteiger partial charge in [-0.25, -0.2) is 0 Å². The van der Waals surface area contributed by atoms with Crippen LogP contribution >= 0.6 is 0 Å². The van der Waals surface area contributed by atoms with Crippen LogP contribution in [0.2, 0.25) is 19.6 Å². The van der Waals surface area contributed by atoms with E-state index >= 15 is 0 Å². The second-order valence-corrected chi connectivity index (χ2v) is 19.5. The zero-order chi connectivity index (χ0) is 36.1. The number of hydrogen-bond donors (Lipinski definition) is 0. The van der Waals surface area contributed by atoms with E-state index in [0.717, 1.165) is 74.2 Å². The number of ether oxygens (including phenoxy) is 1. The van der Waals surface area contributed by atoms with Crippen LogP contribution in [0.15, 0.2) is 114 Å². The summed E-state index contributed by atoms with van der Waals surface area (Å²) in [7, 11) is 0.351. The first-order chi connectivity index (χ1) is 24.6. The standard InChI is InChI=1S/C29H26NO2.C17H22NSi.Ir/c1-4-19(5-2)21-16-17-30-25(18-21)23-14-15-26(31-3)27-24-13-9-12-22(28(24)32-29(23)27)20-10-7-6-8-11-20;1-13(2)15-11-16(14-9-7-6-8-10-14)18-12-17(15)19(3,4)5;/h6-13,15-19H,4-5H2,1-3H3;6-9,11-13H,1-5H3;/q2*-1;. The van der Waals surface area contributed by atoms with Gasteiger partial charge in [0.2, 0.25) is 0 Å². The van der Waals surface area contributed by atoms with Crippen LogP contribution < -0.4 is 9.92 Å². The molecular weight excluding hydrogens is 833 g/mol. The molecule has 0 unspecified atom stereocenters. The zero-order valence-corrected chi connectivity index (χ0v) is 34.9. The Hall–Kier alpha value is -4.35. The van der Waals surface area contributed by atoms with Crippen molar-refractivity contribution in [2.45, 2.75) is 72.0 Å². The predicted molar refractivity (Wildman–Crippen MR) is 217 cm³/mol. The summed E-state index contributed by atoms with van der Waals surface area (Å²) in [6.07, 6.45) is 6.20. The largest absolute Gasteiger partial charge is 0.539 e. The van der Waals surface area contributed by atoms with Crippen LogP contribution in [0.5, 0.6) is 5.75 Å². The van der Waals surface area contributed by atoms with Crippen molar-refractivity contribution in [3.8, 4) is 39.4 Å². The van der Waals surface area contributed by atoms with Crippen LogP contribution in [0.4, 0.5) is 0 Å². The average Bonchev–Trinajstić information content (AvgIpc) is 3.56. The first kappa shape index (κ1) is 38.9. The molecule has 0 amide bonds. The van der Waals surface area contributed by atoms with Gasteiger partial charge in [-0.3, -0.25) is 0 Å². The van der Waals surface area contributed by atoms with Crippen molar-refractivity contribution in [2.24, 2.45) is 0 Å². The average molecular weight is 881 g/mol. The summed E-state index contributed by atoms with van der Waals surface area (Å²) in [5.41, 5.74) is 10.4. The topological polar surface area (TPSA) is 48.2 Å². The van der Waals surface area contributed by atoms with E-state index in [1.54, 1.807) is 7.11 Å². The summed E-state index contributed by atoms with van der Waals surface area (Å²) in [4.78, 5) is 9.35. The van der Waals surface area contributed by atoms with Crippen LogP contribution in [0.25, 0.3) is 55.6 Å². The molecule has 7 rings (SSSR count). The third-order valence-electron chi connectivity index (χ3n) is 9.69. The first-order valence-electron chi connectivity index (χ1n) is 18.1. The monoisotopic (exact) mass is 881 g/mol. The molecule has 3 heterocycles. The number of rotatable bonds is 9. The van der Waals surface area contributed by atoms with E-state index < -0.39 is 8.07 Å². The van der Waals surface area contributed by atoms with Gasteiger partial charge in [-0.1, -0.05) is 125 Å². The van der Waals surface area contributed by atoms with Crippen LogP contribution in [0.1, 0.15) is 63.5 Å². The Morgan fingerprint density at radius 2 is 1.56 bits per heavy atom. The van der Waals surface area contributed by atoms with Crippen LogP contribution in [-0.2, 0) is 20.1 Å². The number of aromatic nitrogens is 2. The molecule has 0 fully saturated rings. The van der Waals surface area contributed by atoms with Crippen LogP contribution in [-0.4, -0.2) is 25.2 Å².